The number of aromatic nitrogens is 4. The Kier molecular flexibility index (Phi) is 5.60. The quantitative estimate of drug-likeness (QED) is 0.669. The maximum Gasteiger partial charge on any atom is 0.277 e. The zero-order valence-corrected chi connectivity index (χ0v) is 17.0. The Morgan fingerprint density at radius 3 is 2.73 bits per heavy atom. The lowest BCUT2D eigenvalue weighted by molar-refractivity contribution is 0.0957. The van der Waals surface area contributed by atoms with Gasteiger partial charge in [0.05, 0.1) is 11.7 Å². The van der Waals surface area contributed by atoms with E-state index in [9.17, 15) is 9.59 Å². The molecular formula is C21H24N6O3. The summed E-state index contributed by atoms with van der Waals surface area (Å²) in [5.41, 5.74) is 2.21. The summed E-state index contributed by atoms with van der Waals surface area (Å²) in [6, 6.07) is 3.82. The van der Waals surface area contributed by atoms with E-state index in [1.54, 1.807) is 23.1 Å². The third kappa shape index (κ3) is 4.10. The first-order valence-corrected chi connectivity index (χ1v) is 10.1. The third-order valence-electron chi connectivity index (χ3n) is 5.25. The number of nitrogens with one attached hydrogen (secondary N) is 2. The standard InChI is InChI=1S/C21H24N6O3/c1-13-10-14(8-9-23-13)21-25-17(12-30-21)19(28)24-16-11-27(15-6-4-3-5-7-15)26-18(16)20(29)22-2/h8-12,15H,3-7H2,1-2H3,(H,22,29)(H,24,28). The SMILES string of the molecule is CNC(=O)c1nn(C2CCCCC2)cc1NC(=O)c1coc(-c2ccnc(C)c2)n1. The van der Waals surface area contributed by atoms with Gasteiger partial charge in [-0.1, -0.05) is 19.3 Å². The molecule has 3 aromatic heterocycles. The van der Waals surface area contributed by atoms with Gasteiger partial charge in [0.15, 0.2) is 11.4 Å². The van der Waals surface area contributed by atoms with Crippen molar-refractivity contribution in [1.29, 1.82) is 0 Å². The van der Waals surface area contributed by atoms with E-state index in [1.807, 2.05) is 13.0 Å². The summed E-state index contributed by atoms with van der Waals surface area (Å²) in [7, 11) is 1.54. The van der Waals surface area contributed by atoms with Crippen LogP contribution in [0.4, 0.5) is 5.69 Å². The number of hydrogen-bond donors (Lipinski definition) is 2. The predicted octanol–water partition coefficient (Wildman–Crippen LogP) is 3.36. The lowest BCUT2D eigenvalue weighted by atomic mass is 9.96. The van der Waals surface area contributed by atoms with Gasteiger partial charge < -0.3 is 15.1 Å². The van der Waals surface area contributed by atoms with Gasteiger partial charge in [-0.05, 0) is 31.9 Å². The van der Waals surface area contributed by atoms with Gasteiger partial charge in [-0.2, -0.15) is 5.10 Å². The van der Waals surface area contributed by atoms with Gasteiger partial charge in [0.2, 0.25) is 5.89 Å². The molecule has 0 bridgehead atoms. The van der Waals surface area contributed by atoms with Crippen molar-refractivity contribution in [2.24, 2.45) is 0 Å². The van der Waals surface area contributed by atoms with Gasteiger partial charge >= 0.3 is 0 Å². The van der Waals surface area contributed by atoms with E-state index in [4.69, 9.17) is 4.42 Å². The summed E-state index contributed by atoms with van der Waals surface area (Å²) < 4.78 is 7.26. The molecule has 1 fully saturated rings. The third-order valence-corrected chi connectivity index (χ3v) is 5.25. The molecule has 156 valence electrons. The van der Waals surface area contributed by atoms with Crippen molar-refractivity contribution < 1.29 is 14.0 Å². The van der Waals surface area contributed by atoms with Crippen LogP contribution in [0.2, 0.25) is 0 Å². The van der Waals surface area contributed by atoms with E-state index in [0.29, 0.717) is 11.6 Å². The molecule has 2 amide bonds. The minimum absolute atomic E-state index is 0.118. The zero-order chi connectivity index (χ0) is 21.1. The van der Waals surface area contributed by atoms with Crippen LogP contribution in [0.15, 0.2) is 35.2 Å². The lowest BCUT2D eigenvalue weighted by Gasteiger charge is -2.21. The molecule has 1 saturated carbocycles. The fraction of sp³-hybridized carbons (Fsp3) is 0.381. The Morgan fingerprint density at radius 1 is 1.20 bits per heavy atom. The van der Waals surface area contributed by atoms with Crippen LogP contribution in [0.5, 0.6) is 0 Å². The minimum Gasteiger partial charge on any atom is -0.444 e. The molecule has 0 aromatic carbocycles. The number of aryl methyl sites for hydroxylation is 1. The van der Waals surface area contributed by atoms with Crippen LogP contribution in [-0.4, -0.2) is 38.6 Å². The van der Waals surface area contributed by atoms with Crippen LogP contribution >= 0.6 is 0 Å². The predicted molar refractivity (Wildman–Crippen MR) is 110 cm³/mol. The largest absolute Gasteiger partial charge is 0.444 e. The van der Waals surface area contributed by atoms with Gasteiger partial charge in [-0.3, -0.25) is 19.3 Å². The van der Waals surface area contributed by atoms with Crippen LogP contribution < -0.4 is 10.6 Å². The smallest absolute Gasteiger partial charge is 0.277 e. The van der Waals surface area contributed by atoms with E-state index >= 15 is 0 Å². The van der Waals surface area contributed by atoms with Gasteiger partial charge in [-0.15, -0.1) is 0 Å². The number of carbonyl (C=O) groups excluding carboxylic acids is 2. The molecule has 0 saturated heterocycles. The molecule has 0 unspecified atom stereocenters. The van der Waals surface area contributed by atoms with E-state index in [1.165, 1.54) is 19.7 Å². The van der Waals surface area contributed by atoms with Crippen molar-refractivity contribution in [3.05, 3.63) is 47.9 Å². The second-order valence-corrected chi connectivity index (χ2v) is 7.42. The first-order valence-electron chi connectivity index (χ1n) is 10.1. The molecule has 9 nitrogen and oxygen atoms in total. The van der Waals surface area contributed by atoms with Crippen LogP contribution in [0, 0.1) is 6.92 Å². The summed E-state index contributed by atoms with van der Waals surface area (Å²) >= 11 is 0. The summed E-state index contributed by atoms with van der Waals surface area (Å²) in [5.74, 6) is -0.493. The molecule has 0 atom stereocenters. The first-order chi connectivity index (χ1) is 14.5. The van der Waals surface area contributed by atoms with Crippen LogP contribution in [0.3, 0.4) is 0 Å². The number of amides is 2. The highest BCUT2D eigenvalue weighted by atomic mass is 16.3. The number of pyridine rings is 1. The second-order valence-electron chi connectivity index (χ2n) is 7.42. The first kappa shape index (κ1) is 19.8. The second kappa shape index (κ2) is 8.48. The van der Waals surface area contributed by atoms with Gasteiger partial charge in [0.1, 0.15) is 6.26 Å². The Hall–Kier alpha value is -3.49. The molecule has 9 heteroatoms. The van der Waals surface area contributed by atoms with Crippen molar-refractivity contribution in [3.63, 3.8) is 0 Å². The number of anilines is 1. The summed E-state index contributed by atoms with van der Waals surface area (Å²) in [6.45, 7) is 1.87. The van der Waals surface area contributed by atoms with Crippen molar-refractivity contribution >= 4 is 17.5 Å². The molecule has 4 rings (SSSR count). The number of oxazole rings is 1. The highest BCUT2D eigenvalue weighted by molar-refractivity contribution is 6.07. The highest BCUT2D eigenvalue weighted by Crippen LogP contribution is 2.29. The fourth-order valence-corrected chi connectivity index (χ4v) is 3.68. The zero-order valence-electron chi connectivity index (χ0n) is 17.0. The number of nitrogens with zero attached hydrogens (tertiary/aromatic N) is 4. The van der Waals surface area contributed by atoms with Gasteiger partial charge in [-0.25, -0.2) is 4.98 Å². The molecule has 3 aromatic rings. The Bertz CT molecular complexity index is 1060. The summed E-state index contributed by atoms with van der Waals surface area (Å²) in [4.78, 5) is 33.5. The molecule has 1 aliphatic carbocycles. The van der Waals surface area contributed by atoms with E-state index in [0.717, 1.165) is 36.9 Å². The average Bonchev–Trinajstić information content (AvgIpc) is 3.42. The van der Waals surface area contributed by atoms with E-state index < -0.39 is 5.91 Å². The molecule has 1 aliphatic rings. The minimum atomic E-state index is -0.468. The maximum atomic E-state index is 12.8. The number of carbonyl (C=O) groups is 2. The Labute approximate surface area is 173 Å². The van der Waals surface area contributed by atoms with Crippen LogP contribution in [0.1, 0.15) is 64.8 Å². The molecular weight excluding hydrogens is 384 g/mol. The van der Waals surface area contributed by atoms with Gasteiger partial charge in [0, 0.05) is 30.7 Å². The van der Waals surface area contributed by atoms with Crippen LogP contribution in [0.25, 0.3) is 11.5 Å². The molecule has 0 spiro atoms. The van der Waals surface area contributed by atoms with Crippen molar-refractivity contribution in [1.82, 2.24) is 25.1 Å². The summed E-state index contributed by atoms with van der Waals surface area (Å²) in [5, 5.41) is 9.79. The molecule has 3 heterocycles. The normalized spacial score (nSPS) is 14.5. The van der Waals surface area contributed by atoms with E-state index in [2.05, 4.69) is 25.7 Å². The maximum absolute atomic E-state index is 12.8. The van der Waals surface area contributed by atoms with Crippen molar-refractivity contribution in [2.45, 2.75) is 45.1 Å². The van der Waals surface area contributed by atoms with Crippen molar-refractivity contribution in [2.75, 3.05) is 12.4 Å². The van der Waals surface area contributed by atoms with Crippen molar-refractivity contribution in [3.8, 4) is 11.5 Å². The Morgan fingerprint density at radius 2 is 2.00 bits per heavy atom. The summed E-state index contributed by atoms with van der Waals surface area (Å²) in [6.07, 6.45) is 10.2. The molecule has 2 N–H and O–H groups in total. The average molecular weight is 408 g/mol. The topological polar surface area (TPSA) is 115 Å². The lowest BCUT2D eigenvalue weighted by Crippen LogP contribution is -2.22. The monoisotopic (exact) mass is 408 g/mol. The number of hydrogen-bond acceptors (Lipinski definition) is 6. The van der Waals surface area contributed by atoms with Crippen LogP contribution in [-0.2, 0) is 0 Å². The van der Waals surface area contributed by atoms with E-state index in [-0.39, 0.29) is 23.3 Å². The number of rotatable bonds is 5. The molecule has 0 aliphatic heterocycles. The Balaban J connectivity index is 1.56. The highest BCUT2D eigenvalue weighted by Gasteiger charge is 2.24. The molecule has 0 radical (unpaired) electrons. The van der Waals surface area contributed by atoms with Gasteiger partial charge in [0.25, 0.3) is 11.8 Å². The fourth-order valence-electron chi connectivity index (χ4n) is 3.68. The molecule has 30 heavy (non-hydrogen) atoms.